The average Bonchev–Trinajstić information content (AvgIpc) is 2.31. The Kier molecular flexibility index (Phi) is 6.32. The normalized spacial score (nSPS) is 14.2. The van der Waals surface area contributed by atoms with Crippen LogP contribution in [0.5, 0.6) is 0 Å². The lowest BCUT2D eigenvalue weighted by molar-refractivity contribution is -0.123. The molecule has 3 N–H and O–H groups in total. The zero-order valence-corrected chi connectivity index (χ0v) is 12.6. The Labute approximate surface area is 120 Å². The number of nitrogens with one attached hydrogen (secondary N) is 1. The number of rotatable bonds is 6. The summed E-state index contributed by atoms with van der Waals surface area (Å²) in [6, 6.07) is 7.25. The highest BCUT2D eigenvalue weighted by Gasteiger charge is 2.17. The molecule has 1 aromatic carbocycles. The summed E-state index contributed by atoms with van der Waals surface area (Å²) in [6.07, 6.45) is 1.41. The summed E-state index contributed by atoms with van der Waals surface area (Å²) in [5, 5.41) is 3.67. The predicted molar refractivity (Wildman–Crippen MR) is 80.2 cm³/mol. The van der Waals surface area contributed by atoms with E-state index in [1.807, 2.05) is 31.2 Å². The second kappa shape index (κ2) is 7.51. The van der Waals surface area contributed by atoms with Crippen LogP contribution in [0.4, 0.5) is 0 Å². The van der Waals surface area contributed by atoms with Gasteiger partial charge in [0, 0.05) is 11.1 Å². The van der Waals surface area contributed by atoms with Crippen LogP contribution in [-0.4, -0.2) is 18.0 Å². The van der Waals surface area contributed by atoms with E-state index in [0.717, 1.165) is 10.6 Å². The molecule has 3 nitrogen and oxygen atoms in total. The van der Waals surface area contributed by atoms with Crippen molar-refractivity contribution < 1.29 is 4.79 Å². The Morgan fingerprint density at radius 2 is 1.95 bits per heavy atom. The van der Waals surface area contributed by atoms with E-state index in [2.05, 4.69) is 19.2 Å². The van der Waals surface area contributed by atoms with Crippen LogP contribution in [0.2, 0.25) is 5.02 Å². The van der Waals surface area contributed by atoms with E-state index in [1.54, 1.807) is 0 Å². The molecule has 106 valence electrons. The van der Waals surface area contributed by atoms with Gasteiger partial charge in [-0.05, 0) is 37.3 Å². The molecule has 1 unspecified atom stereocenters. The van der Waals surface area contributed by atoms with Gasteiger partial charge in [-0.2, -0.15) is 0 Å². The summed E-state index contributed by atoms with van der Waals surface area (Å²) in [5.41, 5.74) is 6.89. The minimum Gasteiger partial charge on any atom is -0.352 e. The monoisotopic (exact) mass is 282 g/mol. The van der Waals surface area contributed by atoms with Crippen LogP contribution >= 0.6 is 11.6 Å². The fourth-order valence-electron chi connectivity index (χ4n) is 2.01. The SMILES string of the molecule is CC(C)C[C@H](N)C(=O)NC(C)Cc1ccccc1Cl. The second-order valence-electron chi connectivity index (χ2n) is 5.44. The summed E-state index contributed by atoms with van der Waals surface area (Å²) in [7, 11) is 0. The maximum Gasteiger partial charge on any atom is 0.237 e. The molecule has 0 spiro atoms. The molecule has 0 bridgehead atoms. The number of nitrogens with two attached hydrogens (primary N) is 1. The van der Waals surface area contributed by atoms with E-state index < -0.39 is 6.04 Å². The van der Waals surface area contributed by atoms with E-state index >= 15 is 0 Å². The van der Waals surface area contributed by atoms with Crippen molar-refractivity contribution in [2.75, 3.05) is 0 Å². The van der Waals surface area contributed by atoms with Crippen LogP contribution in [-0.2, 0) is 11.2 Å². The summed E-state index contributed by atoms with van der Waals surface area (Å²) < 4.78 is 0. The molecule has 0 saturated carbocycles. The zero-order chi connectivity index (χ0) is 14.4. The molecular weight excluding hydrogens is 260 g/mol. The number of hydrogen-bond donors (Lipinski definition) is 2. The highest BCUT2D eigenvalue weighted by atomic mass is 35.5. The first-order valence-electron chi connectivity index (χ1n) is 6.69. The van der Waals surface area contributed by atoms with E-state index in [1.165, 1.54) is 0 Å². The molecule has 0 radical (unpaired) electrons. The van der Waals surface area contributed by atoms with Crippen LogP contribution in [0.15, 0.2) is 24.3 Å². The largest absolute Gasteiger partial charge is 0.352 e. The van der Waals surface area contributed by atoms with Crippen molar-refractivity contribution >= 4 is 17.5 Å². The molecule has 0 saturated heterocycles. The molecule has 0 fully saturated rings. The average molecular weight is 283 g/mol. The first-order chi connectivity index (χ1) is 8.90. The molecule has 0 aliphatic heterocycles. The Morgan fingerprint density at radius 1 is 1.32 bits per heavy atom. The lowest BCUT2D eigenvalue weighted by Crippen LogP contribution is -2.45. The topological polar surface area (TPSA) is 55.1 Å². The number of hydrogen-bond acceptors (Lipinski definition) is 2. The van der Waals surface area contributed by atoms with Gasteiger partial charge in [-0.3, -0.25) is 4.79 Å². The minimum absolute atomic E-state index is 0.0191. The maximum absolute atomic E-state index is 11.9. The number of benzene rings is 1. The molecule has 1 aromatic rings. The number of carbonyl (C=O) groups excluding carboxylic acids is 1. The molecule has 4 heteroatoms. The Bertz CT molecular complexity index is 420. The second-order valence-corrected chi connectivity index (χ2v) is 5.85. The van der Waals surface area contributed by atoms with Crippen LogP contribution < -0.4 is 11.1 Å². The van der Waals surface area contributed by atoms with Gasteiger partial charge in [0.2, 0.25) is 5.91 Å². The van der Waals surface area contributed by atoms with Gasteiger partial charge >= 0.3 is 0 Å². The van der Waals surface area contributed by atoms with Crippen molar-refractivity contribution in [1.82, 2.24) is 5.32 Å². The third-order valence-corrected chi connectivity index (χ3v) is 3.30. The molecular formula is C15H23ClN2O. The maximum atomic E-state index is 11.9. The predicted octanol–water partition coefficient (Wildman–Crippen LogP) is 2.76. The fraction of sp³-hybridized carbons (Fsp3) is 0.533. The van der Waals surface area contributed by atoms with Crippen LogP contribution in [0.25, 0.3) is 0 Å². The Balaban J connectivity index is 2.49. The number of carbonyl (C=O) groups is 1. The molecule has 0 aliphatic rings. The van der Waals surface area contributed by atoms with Crippen molar-refractivity contribution in [2.24, 2.45) is 11.7 Å². The smallest absolute Gasteiger partial charge is 0.237 e. The van der Waals surface area contributed by atoms with Crippen molar-refractivity contribution in [2.45, 2.75) is 45.7 Å². The van der Waals surface area contributed by atoms with E-state index in [-0.39, 0.29) is 11.9 Å². The summed E-state index contributed by atoms with van der Waals surface area (Å²) in [4.78, 5) is 11.9. The summed E-state index contributed by atoms with van der Waals surface area (Å²) in [5.74, 6) is 0.327. The standard InChI is InChI=1S/C15H23ClN2O/c1-10(2)8-14(17)15(19)18-11(3)9-12-6-4-5-7-13(12)16/h4-7,10-11,14H,8-9,17H2,1-3H3,(H,18,19)/t11?,14-/m0/s1. The van der Waals surface area contributed by atoms with Crippen molar-refractivity contribution in [3.8, 4) is 0 Å². The third-order valence-electron chi connectivity index (χ3n) is 2.93. The molecule has 2 atom stereocenters. The molecule has 0 aliphatic carbocycles. The molecule has 1 rings (SSSR count). The van der Waals surface area contributed by atoms with E-state index in [4.69, 9.17) is 17.3 Å². The molecule has 0 aromatic heterocycles. The van der Waals surface area contributed by atoms with Gasteiger partial charge in [0.15, 0.2) is 0 Å². The van der Waals surface area contributed by atoms with Gasteiger partial charge in [0.25, 0.3) is 0 Å². The van der Waals surface area contributed by atoms with E-state index in [9.17, 15) is 4.79 Å². The lowest BCUT2D eigenvalue weighted by Gasteiger charge is -2.19. The van der Waals surface area contributed by atoms with Gasteiger partial charge in [-0.25, -0.2) is 0 Å². The molecule has 0 heterocycles. The van der Waals surface area contributed by atoms with Crippen molar-refractivity contribution in [1.29, 1.82) is 0 Å². The number of halogens is 1. The van der Waals surface area contributed by atoms with Crippen LogP contribution in [0, 0.1) is 5.92 Å². The lowest BCUT2D eigenvalue weighted by atomic mass is 10.0. The Hall–Kier alpha value is -1.06. The fourth-order valence-corrected chi connectivity index (χ4v) is 2.22. The Morgan fingerprint density at radius 3 is 2.53 bits per heavy atom. The van der Waals surface area contributed by atoms with Gasteiger partial charge in [-0.15, -0.1) is 0 Å². The first-order valence-corrected chi connectivity index (χ1v) is 7.07. The van der Waals surface area contributed by atoms with Crippen molar-refractivity contribution in [3.05, 3.63) is 34.9 Å². The minimum atomic E-state index is -0.436. The van der Waals surface area contributed by atoms with Gasteiger partial charge < -0.3 is 11.1 Å². The quantitative estimate of drug-likeness (QED) is 0.843. The molecule has 1 amide bonds. The first kappa shape index (κ1) is 16.0. The molecule has 19 heavy (non-hydrogen) atoms. The van der Waals surface area contributed by atoms with Gasteiger partial charge in [0.05, 0.1) is 6.04 Å². The highest BCUT2D eigenvalue weighted by molar-refractivity contribution is 6.31. The third kappa shape index (κ3) is 5.62. The van der Waals surface area contributed by atoms with Crippen LogP contribution in [0.1, 0.15) is 32.8 Å². The number of amides is 1. The van der Waals surface area contributed by atoms with E-state index in [0.29, 0.717) is 18.8 Å². The summed E-state index contributed by atoms with van der Waals surface area (Å²) in [6.45, 7) is 6.07. The zero-order valence-electron chi connectivity index (χ0n) is 11.8. The van der Waals surface area contributed by atoms with Gasteiger partial charge in [0.1, 0.15) is 0 Å². The van der Waals surface area contributed by atoms with Crippen molar-refractivity contribution in [3.63, 3.8) is 0 Å². The van der Waals surface area contributed by atoms with Gasteiger partial charge in [-0.1, -0.05) is 43.6 Å². The summed E-state index contributed by atoms with van der Waals surface area (Å²) >= 11 is 6.10. The van der Waals surface area contributed by atoms with Crippen LogP contribution in [0.3, 0.4) is 0 Å². The highest BCUT2D eigenvalue weighted by Crippen LogP contribution is 2.16.